The molecule has 6 aliphatic rings. The molecule has 2 N–H and O–H groups in total. The van der Waals surface area contributed by atoms with E-state index in [2.05, 4.69) is 37.3 Å². The number of likely N-dealkylation sites (N-methyl/N-ethyl adjacent to an activating group) is 1. The molecule has 3 aliphatic heterocycles. The molecule has 0 radical (unpaired) electrons. The molecule has 1 aromatic carbocycles. The van der Waals surface area contributed by atoms with Crippen LogP contribution in [0.3, 0.4) is 0 Å². The molecular formula is C49H76N2O13. The number of nitrogens with one attached hydrogen (secondary N) is 1. The zero-order valence-corrected chi connectivity index (χ0v) is 39.9. The number of benzene rings is 1. The number of cyclic esters (lactones) is 1. The highest BCUT2D eigenvalue weighted by Crippen LogP contribution is 2.57. The molecule has 3 saturated heterocycles. The molecule has 0 amide bonds. The van der Waals surface area contributed by atoms with Crippen molar-refractivity contribution in [1.29, 1.82) is 0 Å². The molecule has 15 nitrogen and oxygen atoms in total. The lowest BCUT2D eigenvalue weighted by Gasteiger charge is -2.47. The van der Waals surface area contributed by atoms with Gasteiger partial charge in [-0.3, -0.25) is 9.59 Å². The minimum Gasteiger partial charge on any atom is -0.497 e. The zero-order valence-electron chi connectivity index (χ0n) is 39.9. The summed E-state index contributed by atoms with van der Waals surface area (Å²) in [6.07, 6.45) is 2.91. The minimum atomic E-state index is -0.960. The molecule has 19 atom stereocenters. The van der Waals surface area contributed by atoms with Gasteiger partial charge in [0.15, 0.2) is 18.4 Å². The smallest absolute Gasteiger partial charge is 0.306 e. The molecule has 2 saturated carbocycles. The third-order valence-electron chi connectivity index (χ3n) is 15.6. The van der Waals surface area contributed by atoms with Crippen LogP contribution in [0.1, 0.15) is 85.5 Å². The van der Waals surface area contributed by atoms with Crippen LogP contribution in [0.4, 0.5) is 5.69 Å². The van der Waals surface area contributed by atoms with Gasteiger partial charge in [0.2, 0.25) is 0 Å². The first-order valence-corrected chi connectivity index (χ1v) is 23.7. The van der Waals surface area contributed by atoms with Gasteiger partial charge in [-0.15, -0.1) is 0 Å². The van der Waals surface area contributed by atoms with E-state index in [1.54, 1.807) is 41.6 Å². The fourth-order valence-corrected chi connectivity index (χ4v) is 12.3. The molecule has 360 valence electrons. The molecule has 15 heteroatoms. The number of hydrogen-bond donors (Lipinski definition) is 2. The number of ether oxygens (including phenoxy) is 10. The molecule has 5 fully saturated rings. The highest BCUT2D eigenvalue weighted by atomic mass is 16.7. The van der Waals surface area contributed by atoms with Crippen molar-refractivity contribution >= 4 is 17.4 Å². The fourth-order valence-electron chi connectivity index (χ4n) is 12.3. The quantitative estimate of drug-likeness (QED) is 0.229. The standard InChI is InChI=1S/C49H76N2O13/c1-12-29-14-13-15-39(64-41-17-16-38(51(5)6)26(3)60-41)25(2)44(53)37-23-34-33-21-32(63-49-48(59-11)47(58-10)46(57-9)27(4)61-49)22-36(33)43(45(54)42(34)35(37)24-40(52)62-29)50-28-18-30(55-7)20-31(19-28)56-8/h18-20,23,25-27,29,32-36,38-39,41-43,45-50,54H,12-17,21-22,24H2,1-11H3/t25-,26?,27?,29+,32+,33+,34+,35-,36-,38+,39+,41+,42-,43+,45+,46+,47?,48?,49+/m1/s1. The first kappa shape index (κ1) is 49.1. The van der Waals surface area contributed by atoms with Gasteiger partial charge in [0, 0.05) is 69.0 Å². The number of allylic oxidation sites excluding steroid dienone is 2. The van der Waals surface area contributed by atoms with Crippen LogP contribution in [0.5, 0.6) is 11.5 Å². The number of methoxy groups -OCH3 is 5. The van der Waals surface area contributed by atoms with Gasteiger partial charge in [-0.25, -0.2) is 0 Å². The second-order valence-electron chi connectivity index (χ2n) is 19.4. The van der Waals surface area contributed by atoms with Crippen LogP contribution in [0.2, 0.25) is 0 Å². The summed E-state index contributed by atoms with van der Waals surface area (Å²) in [7, 11) is 12.2. The average Bonchev–Trinajstić information content (AvgIpc) is 3.87. The van der Waals surface area contributed by atoms with E-state index in [4.69, 9.17) is 47.4 Å². The largest absolute Gasteiger partial charge is 0.497 e. The Hall–Kier alpha value is -2.86. The number of aliphatic hydroxyl groups excluding tert-OH is 1. The maximum atomic E-state index is 15.2. The van der Waals surface area contributed by atoms with Crippen molar-refractivity contribution in [2.24, 2.45) is 35.5 Å². The third kappa shape index (κ3) is 10.2. The summed E-state index contributed by atoms with van der Waals surface area (Å²) in [6.45, 7) is 8.02. The minimum absolute atomic E-state index is 0.0148. The predicted molar refractivity (Wildman–Crippen MR) is 238 cm³/mol. The van der Waals surface area contributed by atoms with Crippen molar-refractivity contribution in [2.75, 3.05) is 55.0 Å². The Morgan fingerprint density at radius 2 is 1.50 bits per heavy atom. The Morgan fingerprint density at radius 3 is 2.12 bits per heavy atom. The topological polar surface area (TPSA) is 162 Å². The van der Waals surface area contributed by atoms with Crippen molar-refractivity contribution in [3.63, 3.8) is 0 Å². The molecule has 3 heterocycles. The van der Waals surface area contributed by atoms with Gasteiger partial charge < -0.3 is 62.7 Å². The predicted octanol–water partition coefficient (Wildman–Crippen LogP) is 5.79. The normalized spacial score (nSPS) is 41.8. The van der Waals surface area contributed by atoms with Gasteiger partial charge in [0.05, 0.1) is 57.2 Å². The van der Waals surface area contributed by atoms with Gasteiger partial charge in [0.25, 0.3) is 0 Å². The van der Waals surface area contributed by atoms with Crippen molar-refractivity contribution in [1.82, 2.24) is 4.90 Å². The lowest BCUT2D eigenvalue weighted by Crippen LogP contribution is -2.59. The first-order valence-electron chi connectivity index (χ1n) is 23.7. The number of nitrogens with zero attached hydrogens (tertiary/aromatic N) is 1. The third-order valence-corrected chi connectivity index (χ3v) is 15.6. The number of aliphatic hydroxyl groups is 1. The first-order chi connectivity index (χ1) is 30.7. The zero-order chi connectivity index (χ0) is 46.0. The van der Waals surface area contributed by atoms with Gasteiger partial charge in [0.1, 0.15) is 35.9 Å². The summed E-state index contributed by atoms with van der Waals surface area (Å²) in [5, 5.41) is 16.6. The summed E-state index contributed by atoms with van der Waals surface area (Å²) in [5.74, 6) is -1.10. The molecule has 0 aromatic heterocycles. The number of Topliss-reactive ketones (excluding diaryl/α,β-unsaturated/α-hetero) is 1. The number of anilines is 1. The van der Waals surface area contributed by atoms with E-state index in [0.29, 0.717) is 49.2 Å². The Labute approximate surface area is 380 Å². The molecule has 64 heavy (non-hydrogen) atoms. The fraction of sp³-hybridized carbons (Fsp3) is 0.796. The maximum absolute atomic E-state index is 15.2. The number of esters is 1. The summed E-state index contributed by atoms with van der Waals surface area (Å²) in [6, 6.07) is 5.37. The highest BCUT2D eigenvalue weighted by Gasteiger charge is 2.60. The van der Waals surface area contributed by atoms with E-state index in [1.165, 1.54) is 0 Å². The number of fused-ring (bicyclic) bond motifs is 5. The van der Waals surface area contributed by atoms with E-state index in [9.17, 15) is 9.90 Å². The second-order valence-corrected chi connectivity index (χ2v) is 19.4. The number of carbonyl (C=O) groups is 2. The van der Waals surface area contributed by atoms with Gasteiger partial charge in [-0.1, -0.05) is 19.9 Å². The summed E-state index contributed by atoms with van der Waals surface area (Å²) in [5.41, 5.74) is 1.30. The van der Waals surface area contributed by atoms with Crippen LogP contribution in [0.25, 0.3) is 0 Å². The summed E-state index contributed by atoms with van der Waals surface area (Å²) < 4.78 is 61.6. The van der Waals surface area contributed by atoms with Gasteiger partial charge in [-0.05, 0) is 103 Å². The van der Waals surface area contributed by atoms with Crippen LogP contribution in [-0.2, 0) is 47.5 Å². The van der Waals surface area contributed by atoms with E-state index < -0.39 is 60.8 Å². The van der Waals surface area contributed by atoms with Gasteiger partial charge in [-0.2, -0.15) is 0 Å². The molecule has 0 spiro atoms. The van der Waals surface area contributed by atoms with Crippen molar-refractivity contribution < 1.29 is 62.1 Å². The highest BCUT2D eigenvalue weighted by molar-refractivity contribution is 5.99. The van der Waals surface area contributed by atoms with E-state index in [0.717, 1.165) is 24.9 Å². The van der Waals surface area contributed by atoms with Crippen molar-refractivity contribution in [3.8, 4) is 11.5 Å². The molecule has 1 aromatic rings. The van der Waals surface area contributed by atoms with Gasteiger partial charge >= 0.3 is 5.97 Å². The van der Waals surface area contributed by atoms with E-state index in [1.807, 2.05) is 32.9 Å². The Morgan fingerprint density at radius 1 is 0.812 bits per heavy atom. The summed E-state index contributed by atoms with van der Waals surface area (Å²) in [4.78, 5) is 31.4. The lowest BCUT2D eigenvalue weighted by molar-refractivity contribution is -0.314. The molecule has 3 aliphatic carbocycles. The molecule has 4 unspecified atom stereocenters. The number of rotatable bonds is 13. The average molecular weight is 901 g/mol. The maximum Gasteiger partial charge on any atom is 0.306 e. The van der Waals surface area contributed by atoms with Crippen molar-refractivity contribution in [3.05, 3.63) is 29.8 Å². The van der Waals surface area contributed by atoms with Crippen LogP contribution >= 0.6 is 0 Å². The summed E-state index contributed by atoms with van der Waals surface area (Å²) >= 11 is 0. The van der Waals surface area contributed by atoms with Crippen molar-refractivity contribution in [2.45, 2.75) is 165 Å². The second kappa shape index (κ2) is 21.4. The Balaban J connectivity index is 1.23. The van der Waals surface area contributed by atoms with Crippen LogP contribution in [-0.4, -0.2) is 151 Å². The number of carbonyl (C=O) groups excluding carboxylic acids is 2. The van der Waals surface area contributed by atoms with Crippen LogP contribution in [0.15, 0.2) is 29.8 Å². The number of hydrogen-bond acceptors (Lipinski definition) is 15. The SMILES string of the molecule is CC[C@H]1CCC[C@H](O[C@H]2CC[C@H](N(C)C)C(C)O2)[C@@H](C)C(=O)C2=C[C@H]3[C@@H]4C[C@H](O[C@@H]5OC(C)[C@H](OC)C(OC)C5OC)C[C@H]4[C@H](Nc4cc(OC)cc(OC)c4)[C@@H](O)[C@H]3[C@@H]2CC(=O)O1. The molecule has 0 bridgehead atoms. The van der Waals surface area contributed by atoms with Crippen LogP contribution < -0.4 is 14.8 Å². The molecule has 7 rings (SSSR count). The van der Waals surface area contributed by atoms with Crippen LogP contribution in [0, 0.1) is 35.5 Å². The molecular weight excluding hydrogens is 825 g/mol. The number of ketones is 1. The Bertz CT molecular complexity index is 1740. The lowest BCUT2D eigenvalue weighted by atomic mass is 9.62. The Kier molecular flexibility index (Phi) is 16.4. The monoisotopic (exact) mass is 901 g/mol. The van der Waals surface area contributed by atoms with E-state index in [-0.39, 0.29) is 72.5 Å². The van der Waals surface area contributed by atoms with E-state index >= 15 is 4.79 Å².